The highest BCUT2D eigenvalue weighted by atomic mass is 32.2. The Morgan fingerprint density at radius 1 is 1.31 bits per heavy atom. The molecule has 2 aromatic rings. The first-order chi connectivity index (χ1) is 12.5. The highest BCUT2D eigenvalue weighted by Gasteiger charge is 2.23. The SMILES string of the molecule is Cc1nc(SCC(=O)N2CCCCC2C)[nH]c(=O)c1Cc1ccccc1. The average molecular weight is 372 g/mol. The molecular formula is C20H25N3O2S. The molecule has 3 rings (SSSR count). The lowest BCUT2D eigenvalue weighted by molar-refractivity contribution is -0.131. The molecule has 1 unspecified atom stereocenters. The molecule has 0 spiro atoms. The fraction of sp³-hybridized carbons (Fsp3) is 0.450. The monoisotopic (exact) mass is 371 g/mol. The second-order valence-electron chi connectivity index (χ2n) is 6.82. The van der Waals surface area contributed by atoms with E-state index in [1.807, 2.05) is 42.2 Å². The minimum absolute atomic E-state index is 0.121. The van der Waals surface area contributed by atoms with Gasteiger partial charge in [0, 0.05) is 30.3 Å². The van der Waals surface area contributed by atoms with Crippen LogP contribution in [0.4, 0.5) is 0 Å². The number of carbonyl (C=O) groups excluding carboxylic acids is 1. The third-order valence-electron chi connectivity index (χ3n) is 4.88. The van der Waals surface area contributed by atoms with E-state index in [4.69, 9.17) is 0 Å². The van der Waals surface area contributed by atoms with Crippen molar-refractivity contribution in [3.05, 3.63) is 57.5 Å². The zero-order chi connectivity index (χ0) is 18.5. The van der Waals surface area contributed by atoms with Crippen molar-refractivity contribution < 1.29 is 4.79 Å². The van der Waals surface area contributed by atoms with Gasteiger partial charge in [-0.1, -0.05) is 42.1 Å². The number of H-pyrrole nitrogens is 1. The summed E-state index contributed by atoms with van der Waals surface area (Å²) in [5, 5.41) is 0.516. The standard InChI is InChI=1S/C20H25N3O2S/c1-14-8-6-7-11-23(14)18(24)13-26-20-21-15(2)17(19(25)22-20)12-16-9-4-3-5-10-16/h3-5,9-10,14H,6-8,11-13H2,1-2H3,(H,21,22,25). The van der Waals surface area contributed by atoms with Gasteiger partial charge in [-0.05, 0) is 38.7 Å². The first-order valence-corrected chi connectivity index (χ1v) is 10.1. The van der Waals surface area contributed by atoms with Crippen molar-refractivity contribution in [3.63, 3.8) is 0 Å². The topological polar surface area (TPSA) is 66.1 Å². The van der Waals surface area contributed by atoms with E-state index in [2.05, 4.69) is 16.9 Å². The fourth-order valence-electron chi connectivity index (χ4n) is 3.34. The quantitative estimate of drug-likeness (QED) is 0.648. The summed E-state index contributed by atoms with van der Waals surface area (Å²) in [6.07, 6.45) is 3.89. The van der Waals surface area contributed by atoms with E-state index in [1.54, 1.807) is 0 Å². The number of likely N-dealkylation sites (tertiary alicyclic amines) is 1. The minimum atomic E-state index is -0.123. The number of thioether (sulfide) groups is 1. The van der Waals surface area contributed by atoms with E-state index in [9.17, 15) is 9.59 Å². The number of aromatic amines is 1. The Hall–Kier alpha value is -2.08. The number of benzene rings is 1. The Kier molecular flexibility index (Phi) is 6.14. The van der Waals surface area contributed by atoms with Gasteiger partial charge in [-0.2, -0.15) is 0 Å². The molecule has 138 valence electrons. The van der Waals surface area contributed by atoms with Gasteiger partial charge in [0.05, 0.1) is 5.75 Å². The van der Waals surface area contributed by atoms with Crippen molar-refractivity contribution in [2.45, 2.75) is 50.7 Å². The van der Waals surface area contributed by atoms with Crippen LogP contribution < -0.4 is 5.56 Å². The third-order valence-corrected chi connectivity index (χ3v) is 5.74. The smallest absolute Gasteiger partial charge is 0.255 e. The second kappa shape index (κ2) is 8.54. The molecular weight excluding hydrogens is 346 g/mol. The predicted octanol–water partition coefficient (Wildman–Crippen LogP) is 3.16. The van der Waals surface area contributed by atoms with Crippen molar-refractivity contribution in [2.24, 2.45) is 0 Å². The largest absolute Gasteiger partial charge is 0.339 e. The van der Waals surface area contributed by atoms with Crippen LogP contribution in [0.25, 0.3) is 0 Å². The molecule has 0 radical (unpaired) electrons. The number of aryl methyl sites for hydroxylation is 1. The van der Waals surface area contributed by atoms with Crippen LogP contribution in [-0.2, 0) is 11.2 Å². The van der Waals surface area contributed by atoms with Crippen LogP contribution in [0.3, 0.4) is 0 Å². The highest BCUT2D eigenvalue weighted by molar-refractivity contribution is 7.99. The zero-order valence-corrected chi connectivity index (χ0v) is 16.1. The number of aromatic nitrogens is 2. The van der Waals surface area contributed by atoms with Crippen molar-refractivity contribution in [3.8, 4) is 0 Å². The lowest BCUT2D eigenvalue weighted by Gasteiger charge is -2.33. The molecule has 1 aliphatic rings. The number of rotatable bonds is 5. The zero-order valence-electron chi connectivity index (χ0n) is 15.3. The lowest BCUT2D eigenvalue weighted by Crippen LogP contribution is -2.43. The van der Waals surface area contributed by atoms with Crippen LogP contribution in [0.5, 0.6) is 0 Å². The lowest BCUT2D eigenvalue weighted by atomic mass is 10.0. The van der Waals surface area contributed by atoms with E-state index in [1.165, 1.54) is 18.2 Å². The van der Waals surface area contributed by atoms with Crippen LogP contribution in [0, 0.1) is 6.92 Å². The maximum Gasteiger partial charge on any atom is 0.255 e. The number of hydrogen-bond donors (Lipinski definition) is 1. The normalized spacial score (nSPS) is 17.3. The number of amides is 1. The Morgan fingerprint density at radius 3 is 2.77 bits per heavy atom. The number of nitrogens with one attached hydrogen (secondary N) is 1. The van der Waals surface area contributed by atoms with E-state index >= 15 is 0 Å². The van der Waals surface area contributed by atoms with Crippen molar-refractivity contribution in [1.29, 1.82) is 0 Å². The van der Waals surface area contributed by atoms with Gasteiger partial charge in [0.25, 0.3) is 5.56 Å². The van der Waals surface area contributed by atoms with E-state index in [0.717, 1.165) is 30.6 Å². The highest BCUT2D eigenvalue weighted by Crippen LogP contribution is 2.20. The van der Waals surface area contributed by atoms with Crippen molar-refractivity contribution in [2.75, 3.05) is 12.3 Å². The van der Waals surface area contributed by atoms with Gasteiger partial charge in [-0.15, -0.1) is 0 Å². The van der Waals surface area contributed by atoms with Gasteiger partial charge in [-0.3, -0.25) is 9.59 Å². The van der Waals surface area contributed by atoms with Gasteiger partial charge in [-0.25, -0.2) is 4.98 Å². The van der Waals surface area contributed by atoms with Gasteiger partial charge in [0.2, 0.25) is 5.91 Å². The van der Waals surface area contributed by atoms with Crippen LogP contribution in [-0.4, -0.2) is 39.1 Å². The first kappa shape index (κ1) is 18.7. The number of nitrogens with zero attached hydrogens (tertiary/aromatic N) is 2. The van der Waals surface area contributed by atoms with Crippen LogP contribution in [0.15, 0.2) is 40.3 Å². The first-order valence-electron chi connectivity index (χ1n) is 9.10. The second-order valence-corrected chi connectivity index (χ2v) is 7.78. The van der Waals surface area contributed by atoms with Crippen LogP contribution >= 0.6 is 11.8 Å². The molecule has 2 heterocycles. The molecule has 1 aromatic carbocycles. The fourth-order valence-corrected chi connectivity index (χ4v) is 4.14. The molecule has 5 nitrogen and oxygen atoms in total. The van der Waals surface area contributed by atoms with Gasteiger partial charge >= 0.3 is 0 Å². The molecule has 1 saturated heterocycles. The van der Waals surface area contributed by atoms with Crippen LogP contribution in [0.1, 0.15) is 43.0 Å². The predicted molar refractivity (Wildman–Crippen MR) is 105 cm³/mol. The molecule has 0 bridgehead atoms. The Balaban J connectivity index is 1.66. The maximum absolute atomic E-state index is 12.5. The number of piperidine rings is 1. The van der Waals surface area contributed by atoms with Crippen molar-refractivity contribution >= 4 is 17.7 Å². The summed E-state index contributed by atoms with van der Waals surface area (Å²) in [4.78, 5) is 34.2. The van der Waals surface area contributed by atoms with Gasteiger partial charge in [0.1, 0.15) is 0 Å². The van der Waals surface area contributed by atoms with Gasteiger partial charge < -0.3 is 9.88 Å². The summed E-state index contributed by atoms with van der Waals surface area (Å²) < 4.78 is 0. The Morgan fingerprint density at radius 2 is 2.08 bits per heavy atom. The maximum atomic E-state index is 12.5. The summed E-state index contributed by atoms with van der Waals surface area (Å²) in [5.41, 5.74) is 2.36. The van der Waals surface area contributed by atoms with Crippen LogP contribution in [0.2, 0.25) is 0 Å². The summed E-state index contributed by atoms with van der Waals surface area (Å²) in [6.45, 7) is 4.79. The average Bonchev–Trinajstić information content (AvgIpc) is 2.64. The van der Waals surface area contributed by atoms with E-state index < -0.39 is 0 Å². The number of carbonyl (C=O) groups is 1. The van der Waals surface area contributed by atoms with Crippen molar-refractivity contribution in [1.82, 2.24) is 14.9 Å². The molecule has 0 aliphatic carbocycles. The van der Waals surface area contributed by atoms with E-state index in [-0.39, 0.29) is 11.5 Å². The molecule has 1 N–H and O–H groups in total. The molecule has 6 heteroatoms. The molecule has 1 aromatic heterocycles. The minimum Gasteiger partial charge on any atom is -0.339 e. The Labute approximate surface area is 158 Å². The molecule has 1 amide bonds. The Bertz CT molecular complexity index is 820. The van der Waals surface area contributed by atoms with E-state index in [0.29, 0.717) is 28.9 Å². The molecule has 1 atom stereocenters. The molecule has 1 aliphatic heterocycles. The molecule has 0 saturated carbocycles. The summed E-state index contributed by atoms with van der Waals surface area (Å²) in [5.74, 6) is 0.431. The van der Waals surface area contributed by atoms with Gasteiger partial charge in [0.15, 0.2) is 5.16 Å². The summed E-state index contributed by atoms with van der Waals surface area (Å²) in [6, 6.07) is 10.2. The third kappa shape index (κ3) is 4.55. The molecule has 26 heavy (non-hydrogen) atoms. The summed E-state index contributed by atoms with van der Waals surface area (Å²) >= 11 is 1.31. The molecule has 1 fully saturated rings. The summed E-state index contributed by atoms with van der Waals surface area (Å²) in [7, 11) is 0. The number of hydrogen-bond acceptors (Lipinski definition) is 4.